The van der Waals surface area contributed by atoms with E-state index in [2.05, 4.69) is 0 Å². The molecule has 0 N–H and O–H groups in total. The minimum atomic E-state index is -1.49. The molecule has 3 atom stereocenters. The van der Waals surface area contributed by atoms with Crippen LogP contribution in [0.1, 0.15) is 48.1 Å². The Morgan fingerprint density at radius 1 is 0.763 bits per heavy atom. The van der Waals surface area contributed by atoms with Gasteiger partial charge in [0.15, 0.2) is 17.3 Å². The molecule has 1 spiro atoms. The number of halogens is 1. The summed E-state index contributed by atoms with van der Waals surface area (Å²) in [5, 5.41) is 0.576. The topological polar surface area (TPSA) is 54.5 Å². The maximum Gasteiger partial charge on any atom is 0.185 e. The maximum absolute atomic E-state index is 14.5. The zero-order valence-electron chi connectivity index (χ0n) is 20.3. The zero-order valence-corrected chi connectivity index (χ0v) is 21.0. The van der Waals surface area contributed by atoms with Gasteiger partial charge in [-0.05, 0) is 29.3 Å². The Morgan fingerprint density at radius 3 is 2.03 bits per heavy atom. The van der Waals surface area contributed by atoms with Crippen molar-refractivity contribution in [3.8, 4) is 0 Å². The second kappa shape index (κ2) is 8.37. The molecule has 3 aliphatic rings. The van der Waals surface area contributed by atoms with Gasteiger partial charge < -0.3 is 4.90 Å². The Balaban J connectivity index is 1.55. The number of fused-ring (bicyclic) bond motifs is 5. The number of Topliss-reactive ketones (excluding diaryl/α,β-unsaturated/α-hetero) is 3. The van der Waals surface area contributed by atoms with Gasteiger partial charge in [0.2, 0.25) is 0 Å². The van der Waals surface area contributed by atoms with Crippen LogP contribution in [0.2, 0.25) is 5.02 Å². The molecule has 1 aliphatic carbocycles. The first-order valence-corrected chi connectivity index (χ1v) is 13.0. The lowest BCUT2D eigenvalue weighted by molar-refractivity contribution is 0.0666. The maximum atomic E-state index is 14.5. The van der Waals surface area contributed by atoms with E-state index in [1.54, 1.807) is 42.5 Å². The van der Waals surface area contributed by atoms with E-state index in [0.717, 1.165) is 16.8 Å². The fraction of sp³-hybridized carbons (Fsp3) is 0.121. The van der Waals surface area contributed by atoms with Gasteiger partial charge in [0.05, 0.1) is 6.04 Å². The Morgan fingerprint density at radius 2 is 1.37 bits per heavy atom. The first-order chi connectivity index (χ1) is 18.5. The second-order valence-electron chi connectivity index (χ2n) is 10.1. The summed E-state index contributed by atoms with van der Waals surface area (Å²) in [5.74, 6) is -1.30. The van der Waals surface area contributed by atoms with Gasteiger partial charge in [-0.15, -0.1) is 0 Å². The highest BCUT2D eigenvalue weighted by molar-refractivity contribution is 6.32. The number of anilines is 1. The van der Waals surface area contributed by atoms with E-state index in [9.17, 15) is 14.4 Å². The normalized spacial score (nSPS) is 22.3. The van der Waals surface area contributed by atoms with Crippen LogP contribution in [-0.4, -0.2) is 29.4 Å². The van der Waals surface area contributed by atoms with Gasteiger partial charge in [-0.2, -0.15) is 0 Å². The molecule has 38 heavy (non-hydrogen) atoms. The third-order valence-corrected chi connectivity index (χ3v) is 8.49. The van der Waals surface area contributed by atoms with E-state index < -0.39 is 23.4 Å². The summed E-state index contributed by atoms with van der Waals surface area (Å²) in [7, 11) is 0. The summed E-state index contributed by atoms with van der Waals surface area (Å²) in [6.07, 6.45) is 3.83. The van der Waals surface area contributed by atoms with E-state index in [4.69, 9.17) is 11.6 Å². The van der Waals surface area contributed by atoms with Gasteiger partial charge in [0, 0.05) is 33.3 Å². The molecule has 0 amide bonds. The largest absolute Gasteiger partial charge is 0.352 e. The van der Waals surface area contributed by atoms with Crippen LogP contribution in [0.4, 0.5) is 5.69 Å². The van der Waals surface area contributed by atoms with Gasteiger partial charge in [-0.3, -0.25) is 14.4 Å². The van der Waals surface area contributed by atoms with Crippen LogP contribution in [0.5, 0.6) is 0 Å². The molecule has 0 radical (unpaired) electrons. The number of benzene rings is 4. The van der Waals surface area contributed by atoms with Gasteiger partial charge in [-0.25, -0.2) is 0 Å². The van der Waals surface area contributed by atoms with Crippen molar-refractivity contribution in [1.82, 2.24) is 0 Å². The molecule has 4 nitrogen and oxygen atoms in total. The molecule has 1 fully saturated rings. The lowest BCUT2D eigenvalue weighted by Crippen LogP contribution is -2.48. The first-order valence-electron chi connectivity index (χ1n) is 12.6. The molecule has 2 heterocycles. The Labute approximate surface area is 225 Å². The Hall–Kier alpha value is -4.28. The van der Waals surface area contributed by atoms with E-state index in [-0.39, 0.29) is 17.3 Å². The third kappa shape index (κ3) is 2.95. The monoisotopic (exact) mass is 515 g/mol. The predicted octanol–water partition coefficient (Wildman–Crippen LogP) is 6.66. The van der Waals surface area contributed by atoms with Gasteiger partial charge in [0.1, 0.15) is 11.5 Å². The number of rotatable bonds is 3. The third-order valence-electron chi connectivity index (χ3n) is 8.25. The van der Waals surface area contributed by atoms with Crippen LogP contribution >= 0.6 is 11.6 Å². The van der Waals surface area contributed by atoms with Crippen molar-refractivity contribution in [1.29, 1.82) is 0 Å². The number of ketones is 3. The average Bonchev–Trinajstić information content (AvgIpc) is 3.39. The highest BCUT2D eigenvalue weighted by atomic mass is 35.5. The van der Waals surface area contributed by atoms with Crippen LogP contribution in [-0.2, 0) is 0 Å². The molecule has 1 saturated heterocycles. The van der Waals surface area contributed by atoms with Crippen LogP contribution in [0.25, 0.3) is 6.08 Å². The fourth-order valence-corrected chi connectivity index (χ4v) is 6.93. The molecule has 1 unspecified atom stereocenters. The molecular formula is C33H22ClNO3. The molecule has 0 aromatic heterocycles. The van der Waals surface area contributed by atoms with E-state index in [1.807, 2.05) is 77.7 Å². The number of carbonyl (C=O) groups is 3. The SMILES string of the molecule is O=C(c1ccccc1)[C@H]1[C@H](c2ccccc2)C2(C(=O)c3ccccc3C2=O)C2C=Cc3cc(Cl)ccc3N21. The Kier molecular flexibility index (Phi) is 5.04. The van der Waals surface area contributed by atoms with Crippen LogP contribution in [0.15, 0.2) is 109 Å². The summed E-state index contributed by atoms with van der Waals surface area (Å²) in [6, 6.07) is 29.8. The number of carbonyl (C=O) groups excluding carboxylic acids is 3. The lowest BCUT2D eigenvalue weighted by Gasteiger charge is -2.37. The smallest absolute Gasteiger partial charge is 0.185 e. The predicted molar refractivity (Wildman–Crippen MR) is 148 cm³/mol. The van der Waals surface area contributed by atoms with E-state index in [0.29, 0.717) is 21.7 Å². The molecule has 5 heteroatoms. The van der Waals surface area contributed by atoms with Crippen molar-refractivity contribution in [3.63, 3.8) is 0 Å². The van der Waals surface area contributed by atoms with Crippen molar-refractivity contribution >= 4 is 40.7 Å². The second-order valence-corrected chi connectivity index (χ2v) is 10.5. The molecule has 0 saturated carbocycles. The van der Waals surface area contributed by atoms with Crippen molar-refractivity contribution in [2.45, 2.75) is 18.0 Å². The molecule has 7 rings (SSSR count). The van der Waals surface area contributed by atoms with Crippen molar-refractivity contribution < 1.29 is 14.4 Å². The average molecular weight is 516 g/mol. The van der Waals surface area contributed by atoms with Crippen molar-refractivity contribution in [2.75, 3.05) is 4.90 Å². The highest BCUT2D eigenvalue weighted by Crippen LogP contribution is 2.61. The molecule has 0 bridgehead atoms. The Bertz CT molecular complexity index is 1630. The van der Waals surface area contributed by atoms with Gasteiger partial charge in [0.25, 0.3) is 0 Å². The first kappa shape index (κ1) is 22.9. The van der Waals surface area contributed by atoms with Crippen LogP contribution < -0.4 is 4.90 Å². The summed E-state index contributed by atoms with van der Waals surface area (Å²) in [5.41, 5.74) is 2.30. The van der Waals surface area contributed by atoms with Gasteiger partial charge in [-0.1, -0.05) is 109 Å². The number of nitrogens with zero attached hydrogens (tertiary/aromatic N) is 1. The highest BCUT2D eigenvalue weighted by Gasteiger charge is 2.71. The lowest BCUT2D eigenvalue weighted by atomic mass is 9.64. The molecule has 2 aliphatic heterocycles. The molecule has 4 aromatic carbocycles. The zero-order chi connectivity index (χ0) is 26.0. The van der Waals surface area contributed by atoms with Crippen molar-refractivity contribution in [2.24, 2.45) is 5.41 Å². The van der Waals surface area contributed by atoms with Crippen LogP contribution in [0, 0.1) is 5.41 Å². The molecule has 4 aromatic rings. The summed E-state index contributed by atoms with van der Waals surface area (Å²) < 4.78 is 0. The minimum Gasteiger partial charge on any atom is -0.352 e. The minimum absolute atomic E-state index is 0.130. The van der Waals surface area contributed by atoms with Gasteiger partial charge >= 0.3 is 0 Å². The van der Waals surface area contributed by atoms with E-state index in [1.165, 1.54) is 0 Å². The number of hydrogen-bond donors (Lipinski definition) is 0. The summed E-state index contributed by atoms with van der Waals surface area (Å²) >= 11 is 6.34. The fourth-order valence-electron chi connectivity index (χ4n) is 6.75. The quantitative estimate of drug-likeness (QED) is 0.226. The molecular weight excluding hydrogens is 494 g/mol. The molecule has 184 valence electrons. The van der Waals surface area contributed by atoms with Crippen molar-refractivity contribution in [3.05, 3.63) is 142 Å². The summed E-state index contributed by atoms with van der Waals surface area (Å²) in [4.78, 5) is 45.5. The number of hydrogen-bond acceptors (Lipinski definition) is 4. The van der Waals surface area contributed by atoms with E-state index >= 15 is 0 Å². The standard InChI is InChI=1S/C33H22ClNO3/c34-23-16-17-26-22(19-23)15-18-27-33(31(37)24-13-7-8-14-25(24)32(33)38)28(20-9-3-1-4-10-20)29(35(26)27)30(36)21-11-5-2-6-12-21/h1-19,27-29H/t27?,28-,29+/m0/s1. The summed E-state index contributed by atoms with van der Waals surface area (Å²) in [6.45, 7) is 0. The van der Waals surface area contributed by atoms with Crippen LogP contribution in [0.3, 0.4) is 0 Å².